The topological polar surface area (TPSA) is 75.1 Å². The molecule has 2 rings (SSSR count). The van der Waals surface area contributed by atoms with Crippen molar-refractivity contribution in [1.29, 1.82) is 0 Å². The van der Waals surface area contributed by atoms with E-state index >= 15 is 0 Å². The molecule has 0 aliphatic rings. The van der Waals surface area contributed by atoms with Gasteiger partial charge in [0.05, 0.1) is 11.4 Å². The fraction of sp³-hybridized carbons (Fsp3) is 0.100. The van der Waals surface area contributed by atoms with Crippen LogP contribution in [0.15, 0.2) is 16.5 Å². The SMILES string of the molecule is O=C(O)CSc1nnc(Nc2ccc(F)c(F)c2F)s1. The highest BCUT2D eigenvalue weighted by Crippen LogP contribution is 2.29. The zero-order chi connectivity index (χ0) is 14.7. The molecule has 2 N–H and O–H groups in total. The van der Waals surface area contributed by atoms with Gasteiger partial charge in [0.25, 0.3) is 0 Å². The lowest BCUT2D eigenvalue weighted by atomic mass is 10.3. The molecule has 0 unspecified atom stereocenters. The van der Waals surface area contributed by atoms with Gasteiger partial charge in [-0.25, -0.2) is 13.2 Å². The zero-order valence-electron chi connectivity index (χ0n) is 9.56. The summed E-state index contributed by atoms with van der Waals surface area (Å²) in [6.07, 6.45) is 0. The van der Waals surface area contributed by atoms with Crippen LogP contribution in [0.2, 0.25) is 0 Å². The first-order chi connectivity index (χ1) is 9.47. The molecule has 1 aromatic heterocycles. The molecule has 0 aliphatic carbocycles. The Morgan fingerprint density at radius 3 is 2.75 bits per heavy atom. The van der Waals surface area contributed by atoms with E-state index in [0.717, 1.165) is 35.2 Å². The molecule has 1 heterocycles. The molecule has 1 aromatic carbocycles. The van der Waals surface area contributed by atoms with Gasteiger partial charge < -0.3 is 10.4 Å². The first-order valence-corrected chi connectivity index (χ1v) is 6.86. The number of carboxylic acid groups (broad SMARTS) is 1. The lowest BCUT2D eigenvalue weighted by molar-refractivity contribution is -0.133. The number of benzene rings is 1. The predicted octanol–water partition coefficient (Wildman–Crippen LogP) is 2.88. The van der Waals surface area contributed by atoms with Crippen molar-refractivity contribution in [2.24, 2.45) is 0 Å². The van der Waals surface area contributed by atoms with Gasteiger partial charge in [0.15, 0.2) is 21.8 Å². The molecule has 0 saturated heterocycles. The minimum atomic E-state index is -1.58. The largest absolute Gasteiger partial charge is 0.481 e. The van der Waals surface area contributed by atoms with Crippen LogP contribution >= 0.6 is 23.1 Å². The molecule has 0 saturated carbocycles. The second kappa shape index (κ2) is 6.09. The number of nitrogens with zero attached hydrogens (tertiary/aromatic N) is 2. The minimum absolute atomic E-state index is 0.141. The van der Waals surface area contributed by atoms with Gasteiger partial charge in [-0.05, 0) is 12.1 Å². The lowest BCUT2D eigenvalue weighted by Crippen LogP contribution is -1.98. The summed E-state index contributed by atoms with van der Waals surface area (Å²) >= 11 is 1.92. The molecule has 0 atom stereocenters. The van der Waals surface area contributed by atoms with Crippen molar-refractivity contribution in [3.05, 3.63) is 29.6 Å². The van der Waals surface area contributed by atoms with Crippen molar-refractivity contribution in [2.75, 3.05) is 11.1 Å². The summed E-state index contributed by atoms with van der Waals surface area (Å²) in [5.41, 5.74) is -0.283. The molecular weight excluding hydrogens is 315 g/mol. The maximum atomic E-state index is 13.4. The minimum Gasteiger partial charge on any atom is -0.481 e. The summed E-state index contributed by atoms with van der Waals surface area (Å²) in [6.45, 7) is 0. The Kier molecular flexibility index (Phi) is 4.45. The maximum absolute atomic E-state index is 13.4. The van der Waals surface area contributed by atoms with Crippen molar-refractivity contribution in [1.82, 2.24) is 10.2 Å². The Hall–Kier alpha value is -1.81. The first-order valence-electron chi connectivity index (χ1n) is 5.06. The average Bonchev–Trinajstić information content (AvgIpc) is 2.85. The summed E-state index contributed by atoms with van der Waals surface area (Å²) in [7, 11) is 0. The van der Waals surface area contributed by atoms with Crippen LogP contribution in [0.1, 0.15) is 0 Å². The molecule has 20 heavy (non-hydrogen) atoms. The number of halogens is 3. The smallest absolute Gasteiger partial charge is 0.313 e. The van der Waals surface area contributed by atoms with Gasteiger partial charge in [0.1, 0.15) is 0 Å². The van der Waals surface area contributed by atoms with E-state index < -0.39 is 23.4 Å². The van der Waals surface area contributed by atoms with E-state index in [9.17, 15) is 18.0 Å². The number of carbonyl (C=O) groups is 1. The van der Waals surface area contributed by atoms with Gasteiger partial charge in [-0.1, -0.05) is 23.1 Å². The van der Waals surface area contributed by atoms with Crippen LogP contribution in [0.25, 0.3) is 0 Å². The highest BCUT2D eigenvalue weighted by molar-refractivity contribution is 8.01. The number of nitrogens with one attached hydrogen (secondary N) is 1. The van der Waals surface area contributed by atoms with Crippen LogP contribution in [-0.4, -0.2) is 27.0 Å². The highest BCUT2D eigenvalue weighted by Gasteiger charge is 2.15. The van der Waals surface area contributed by atoms with Gasteiger partial charge in [-0.2, -0.15) is 0 Å². The Morgan fingerprint density at radius 1 is 1.30 bits per heavy atom. The van der Waals surface area contributed by atoms with E-state index in [-0.39, 0.29) is 16.6 Å². The molecule has 2 aromatic rings. The van der Waals surface area contributed by atoms with E-state index in [2.05, 4.69) is 15.5 Å². The second-order valence-electron chi connectivity index (χ2n) is 3.40. The summed E-state index contributed by atoms with van der Waals surface area (Å²) in [5.74, 6) is -5.43. The number of anilines is 2. The molecule has 0 spiro atoms. The Morgan fingerprint density at radius 2 is 2.05 bits per heavy atom. The van der Waals surface area contributed by atoms with Crippen molar-refractivity contribution in [3.8, 4) is 0 Å². The van der Waals surface area contributed by atoms with Crippen molar-refractivity contribution in [2.45, 2.75) is 4.34 Å². The molecule has 5 nitrogen and oxygen atoms in total. The molecule has 106 valence electrons. The standard InChI is InChI=1S/C10H6F3N3O2S2/c11-4-1-2-5(8(13)7(4)12)14-9-15-16-10(20-9)19-3-6(17)18/h1-2H,3H2,(H,14,15)(H,17,18). The number of hydrogen-bond donors (Lipinski definition) is 2. The molecular formula is C10H6F3N3O2S2. The van der Waals surface area contributed by atoms with Gasteiger partial charge >= 0.3 is 5.97 Å². The van der Waals surface area contributed by atoms with Gasteiger partial charge in [0.2, 0.25) is 5.13 Å². The van der Waals surface area contributed by atoms with Gasteiger partial charge in [0, 0.05) is 0 Å². The van der Waals surface area contributed by atoms with Gasteiger partial charge in [-0.3, -0.25) is 4.79 Å². The number of aromatic nitrogens is 2. The van der Waals surface area contributed by atoms with E-state index in [0.29, 0.717) is 4.34 Å². The Bertz CT molecular complexity index is 651. The van der Waals surface area contributed by atoms with Crippen LogP contribution in [0.3, 0.4) is 0 Å². The molecule has 0 bridgehead atoms. The average molecular weight is 321 g/mol. The molecule has 0 radical (unpaired) electrons. The highest BCUT2D eigenvalue weighted by atomic mass is 32.2. The van der Waals surface area contributed by atoms with E-state index in [1.54, 1.807) is 0 Å². The summed E-state index contributed by atoms with van der Waals surface area (Å²) < 4.78 is 39.5. The van der Waals surface area contributed by atoms with Crippen LogP contribution in [0, 0.1) is 17.5 Å². The first kappa shape index (κ1) is 14.6. The predicted molar refractivity (Wildman–Crippen MR) is 67.9 cm³/mol. The summed E-state index contributed by atoms with van der Waals surface area (Å²) in [5, 5.41) is 18.4. The molecule has 0 aliphatic heterocycles. The quantitative estimate of drug-likeness (QED) is 0.651. The van der Waals surface area contributed by atoms with Crippen molar-refractivity contribution < 1.29 is 23.1 Å². The lowest BCUT2D eigenvalue weighted by Gasteiger charge is -2.04. The van der Waals surface area contributed by atoms with Crippen LogP contribution in [0.5, 0.6) is 0 Å². The van der Waals surface area contributed by atoms with E-state index in [4.69, 9.17) is 5.11 Å². The fourth-order valence-corrected chi connectivity index (χ4v) is 2.66. The Balaban J connectivity index is 2.11. The molecule has 10 heteroatoms. The van der Waals surface area contributed by atoms with Crippen LogP contribution in [-0.2, 0) is 4.79 Å². The van der Waals surface area contributed by atoms with Crippen LogP contribution in [0.4, 0.5) is 24.0 Å². The molecule has 0 fully saturated rings. The third-order valence-electron chi connectivity index (χ3n) is 2.00. The van der Waals surface area contributed by atoms with Gasteiger partial charge in [-0.15, -0.1) is 10.2 Å². The van der Waals surface area contributed by atoms with E-state index in [1.165, 1.54) is 0 Å². The fourth-order valence-electron chi connectivity index (χ4n) is 1.18. The summed E-state index contributed by atoms with van der Waals surface area (Å²) in [6, 6.07) is 1.81. The number of aliphatic carboxylic acids is 1. The number of carboxylic acids is 1. The normalized spacial score (nSPS) is 10.6. The molecule has 0 amide bonds. The maximum Gasteiger partial charge on any atom is 0.313 e. The number of hydrogen-bond acceptors (Lipinski definition) is 6. The van der Waals surface area contributed by atoms with Crippen LogP contribution < -0.4 is 5.32 Å². The number of thioether (sulfide) groups is 1. The zero-order valence-corrected chi connectivity index (χ0v) is 11.2. The number of rotatable bonds is 5. The third kappa shape index (κ3) is 3.39. The van der Waals surface area contributed by atoms with E-state index in [1.807, 2.05) is 0 Å². The second-order valence-corrected chi connectivity index (χ2v) is 5.60. The Labute approximate surface area is 118 Å². The van der Waals surface area contributed by atoms with Crippen molar-refractivity contribution in [3.63, 3.8) is 0 Å². The third-order valence-corrected chi connectivity index (χ3v) is 3.96. The van der Waals surface area contributed by atoms with Crippen molar-refractivity contribution >= 4 is 39.9 Å². The summed E-state index contributed by atoms with van der Waals surface area (Å²) in [4.78, 5) is 10.4. The monoisotopic (exact) mass is 321 g/mol.